The Balaban J connectivity index is 2.16. The molecule has 0 amide bonds. The van der Waals surface area contributed by atoms with Crippen molar-refractivity contribution >= 4 is 5.95 Å². The number of nitrogen functional groups attached to an aromatic ring is 1. The molecule has 2 rings (SSSR count). The topological polar surface area (TPSA) is 93.6 Å². The molecular weight excluding hydrogens is 178 g/mol. The summed E-state index contributed by atoms with van der Waals surface area (Å²) in [4.78, 5) is 4.12. The Morgan fingerprint density at radius 3 is 2.57 bits per heavy atom. The Labute approximate surface area is 83.3 Å². The minimum Gasteiger partial charge on any atom is -0.367 e. The van der Waals surface area contributed by atoms with Crippen molar-refractivity contribution in [2.75, 3.05) is 5.73 Å². The second-order valence-corrected chi connectivity index (χ2v) is 4.38. The van der Waals surface area contributed by atoms with Crippen LogP contribution in [0, 0.1) is 5.92 Å². The second kappa shape index (κ2) is 3.24. The van der Waals surface area contributed by atoms with E-state index in [1.54, 1.807) is 0 Å². The molecule has 5 heteroatoms. The average molecular weight is 195 g/mol. The lowest BCUT2D eigenvalue weighted by Crippen LogP contribution is -2.41. The first kappa shape index (κ1) is 9.45. The van der Waals surface area contributed by atoms with Crippen molar-refractivity contribution in [3.63, 3.8) is 0 Å². The normalized spacial score (nSPS) is 33.1. The van der Waals surface area contributed by atoms with Crippen molar-refractivity contribution in [1.82, 2.24) is 15.2 Å². The smallest absolute Gasteiger partial charge is 0.239 e. The van der Waals surface area contributed by atoms with Crippen LogP contribution in [0.5, 0.6) is 0 Å². The number of rotatable bonds is 1. The second-order valence-electron chi connectivity index (χ2n) is 4.38. The lowest BCUT2D eigenvalue weighted by Gasteiger charge is -2.33. The van der Waals surface area contributed by atoms with Crippen molar-refractivity contribution in [3.05, 3.63) is 5.82 Å². The first-order valence-electron chi connectivity index (χ1n) is 5.07. The fraction of sp³-hybridized carbons (Fsp3) is 0.778. The summed E-state index contributed by atoms with van der Waals surface area (Å²) in [5.74, 6) is 1.79. The number of nitrogens with zero attached hydrogens (tertiary/aromatic N) is 2. The number of hydrogen-bond donors (Lipinski definition) is 3. The van der Waals surface area contributed by atoms with Gasteiger partial charge in [-0.25, -0.2) is 0 Å². The van der Waals surface area contributed by atoms with Gasteiger partial charge in [0.25, 0.3) is 0 Å². The van der Waals surface area contributed by atoms with Gasteiger partial charge in [-0.05, 0) is 31.6 Å². The molecule has 5 N–H and O–H groups in total. The van der Waals surface area contributed by atoms with Crippen LogP contribution in [-0.2, 0) is 5.54 Å². The van der Waals surface area contributed by atoms with E-state index >= 15 is 0 Å². The Morgan fingerprint density at radius 2 is 2.07 bits per heavy atom. The van der Waals surface area contributed by atoms with Gasteiger partial charge in [-0.15, -0.1) is 5.10 Å². The van der Waals surface area contributed by atoms with Gasteiger partial charge in [0.2, 0.25) is 5.95 Å². The van der Waals surface area contributed by atoms with Gasteiger partial charge < -0.3 is 11.5 Å². The molecule has 0 spiro atoms. The Bertz CT molecular complexity index is 311. The molecule has 1 fully saturated rings. The average Bonchev–Trinajstić information content (AvgIpc) is 2.58. The van der Waals surface area contributed by atoms with E-state index in [0.717, 1.165) is 37.4 Å². The molecule has 1 heterocycles. The van der Waals surface area contributed by atoms with Crippen LogP contribution in [0.1, 0.15) is 38.4 Å². The maximum atomic E-state index is 6.27. The summed E-state index contributed by atoms with van der Waals surface area (Å²) in [5, 5.41) is 6.64. The van der Waals surface area contributed by atoms with Crippen molar-refractivity contribution in [2.24, 2.45) is 11.7 Å². The maximum absolute atomic E-state index is 6.27. The van der Waals surface area contributed by atoms with Crippen LogP contribution in [0.4, 0.5) is 5.95 Å². The molecule has 0 aliphatic heterocycles. The predicted octanol–water partition coefficient (Wildman–Crippen LogP) is 0.751. The van der Waals surface area contributed by atoms with Crippen molar-refractivity contribution in [1.29, 1.82) is 0 Å². The third-order valence-electron chi connectivity index (χ3n) is 3.14. The molecule has 1 aliphatic rings. The first-order chi connectivity index (χ1) is 6.60. The van der Waals surface area contributed by atoms with Crippen LogP contribution in [0.2, 0.25) is 0 Å². The van der Waals surface area contributed by atoms with E-state index < -0.39 is 0 Å². The Hall–Kier alpha value is -1.10. The van der Waals surface area contributed by atoms with E-state index in [1.807, 2.05) is 0 Å². The molecule has 0 unspecified atom stereocenters. The minimum absolute atomic E-state index is 0.281. The van der Waals surface area contributed by atoms with Gasteiger partial charge in [-0.2, -0.15) is 4.98 Å². The highest BCUT2D eigenvalue weighted by molar-refractivity contribution is 5.17. The Kier molecular flexibility index (Phi) is 2.19. The number of hydrogen-bond acceptors (Lipinski definition) is 4. The van der Waals surface area contributed by atoms with Gasteiger partial charge in [0.05, 0.1) is 5.54 Å². The van der Waals surface area contributed by atoms with E-state index in [9.17, 15) is 0 Å². The largest absolute Gasteiger partial charge is 0.367 e. The lowest BCUT2D eigenvalue weighted by molar-refractivity contribution is 0.237. The SMILES string of the molecule is CC1CCC(N)(c2nc(N)n[nH]2)CC1. The van der Waals surface area contributed by atoms with Crippen molar-refractivity contribution < 1.29 is 0 Å². The fourth-order valence-electron chi connectivity index (χ4n) is 2.01. The van der Waals surface area contributed by atoms with E-state index in [4.69, 9.17) is 11.5 Å². The maximum Gasteiger partial charge on any atom is 0.239 e. The summed E-state index contributed by atoms with van der Waals surface area (Å²) in [6.07, 6.45) is 4.22. The predicted molar refractivity (Wildman–Crippen MR) is 54.3 cm³/mol. The fourth-order valence-corrected chi connectivity index (χ4v) is 2.01. The molecule has 5 nitrogen and oxygen atoms in total. The molecule has 0 aromatic carbocycles. The lowest BCUT2D eigenvalue weighted by atomic mass is 9.77. The van der Waals surface area contributed by atoms with Gasteiger partial charge in [0, 0.05) is 0 Å². The third kappa shape index (κ3) is 1.59. The molecule has 0 bridgehead atoms. The quantitative estimate of drug-likeness (QED) is 0.616. The molecule has 78 valence electrons. The van der Waals surface area contributed by atoms with Crippen molar-refractivity contribution in [3.8, 4) is 0 Å². The monoisotopic (exact) mass is 195 g/mol. The number of anilines is 1. The van der Waals surface area contributed by atoms with Crippen LogP contribution in [0.3, 0.4) is 0 Å². The molecule has 1 saturated carbocycles. The summed E-state index contributed by atoms with van der Waals surface area (Å²) in [7, 11) is 0. The van der Waals surface area contributed by atoms with Gasteiger partial charge in [0.1, 0.15) is 5.82 Å². The molecular formula is C9H17N5. The molecule has 14 heavy (non-hydrogen) atoms. The molecule has 0 radical (unpaired) electrons. The van der Waals surface area contributed by atoms with Gasteiger partial charge >= 0.3 is 0 Å². The zero-order chi connectivity index (χ0) is 10.2. The zero-order valence-electron chi connectivity index (χ0n) is 8.45. The summed E-state index contributed by atoms with van der Waals surface area (Å²) >= 11 is 0. The zero-order valence-corrected chi connectivity index (χ0v) is 8.45. The number of nitrogens with two attached hydrogens (primary N) is 2. The number of aromatic nitrogens is 3. The van der Waals surface area contributed by atoms with Crippen LogP contribution >= 0.6 is 0 Å². The molecule has 0 saturated heterocycles. The van der Waals surface area contributed by atoms with Gasteiger partial charge in [-0.1, -0.05) is 6.92 Å². The van der Waals surface area contributed by atoms with Crippen LogP contribution in [0.25, 0.3) is 0 Å². The first-order valence-corrected chi connectivity index (χ1v) is 5.07. The highest BCUT2D eigenvalue weighted by Gasteiger charge is 2.34. The van der Waals surface area contributed by atoms with Crippen LogP contribution in [-0.4, -0.2) is 15.2 Å². The molecule has 0 atom stereocenters. The highest BCUT2D eigenvalue weighted by Crippen LogP contribution is 2.35. The molecule has 1 aliphatic carbocycles. The summed E-state index contributed by atoms with van der Waals surface area (Å²) < 4.78 is 0. The number of aromatic amines is 1. The summed E-state index contributed by atoms with van der Waals surface area (Å²) in [6, 6.07) is 0. The minimum atomic E-state index is -0.336. The number of H-pyrrole nitrogens is 1. The third-order valence-corrected chi connectivity index (χ3v) is 3.14. The van der Waals surface area contributed by atoms with Crippen molar-refractivity contribution in [2.45, 2.75) is 38.1 Å². The van der Waals surface area contributed by atoms with Gasteiger partial charge in [0.15, 0.2) is 0 Å². The van der Waals surface area contributed by atoms with E-state index in [-0.39, 0.29) is 11.5 Å². The Morgan fingerprint density at radius 1 is 1.43 bits per heavy atom. The van der Waals surface area contributed by atoms with E-state index in [1.165, 1.54) is 0 Å². The van der Waals surface area contributed by atoms with Gasteiger partial charge in [-0.3, -0.25) is 5.10 Å². The summed E-state index contributed by atoms with van der Waals surface area (Å²) in [5.41, 5.74) is 11.4. The molecule has 1 aromatic heterocycles. The number of nitrogens with one attached hydrogen (secondary N) is 1. The summed E-state index contributed by atoms with van der Waals surface area (Å²) in [6.45, 7) is 2.26. The highest BCUT2D eigenvalue weighted by atomic mass is 15.3. The molecule has 1 aromatic rings. The van der Waals surface area contributed by atoms with E-state index in [2.05, 4.69) is 22.1 Å². The van der Waals surface area contributed by atoms with Crippen LogP contribution in [0.15, 0.2) is 0 Å². The van der Waals surface area contributed by atoms with Crippen LogP contribution < -0.4 is 11.5 Å². The standard InChI is InChI=1S/C9H17N5/c1-6-2-4-9(11,5-3-6)7-12-8(10)14-13-7/h6H,2-5,11H2,1H3,(H3,10,12,13,14). The van der Waals surface area contributed by atoms with E-state index in [0.29, 0.717) is 0 Å².